The Labute approximate surface area is 141 Å². The van der Waals surface area contributed by atoms with Crippen LogP contribution in [0.3, 0.4) is 0 Å². The zero-order chi connectivity index (χ0) is 16.6. The van der Waals surface area contributed by atoms with Gasteiger partial charge >= 0.3 is 0 Å². The van der Waals surface area contributed by atoms with Crippen LogP contribution < -0.4 is 0 Å². The number of nitrogens with zero attached hydrogens (tertiary/aromatic N) is 3. The first-order valence-corrected chi connectivity index (χ1v) is 9.88. The third kappa shape index (κ3) is 11.4. The average Bonchev–Trinajstić information content (AvgIpc) is 2.54. The van der Waals surface area contributed by atoms with E-state index in [9.17, 15) is 0 Å². The maximum absolute atomic E-state index is 2.67. The summed E-state index contributed by atoms with van der Waals surface area (Å²) in [6, 6.07) is 0. The van der Waals surface area contributed by atoms with E-state index in [4.69, 9.17) is 0 Å². The van der Waals surface area contributed by atoms with Crippen LogP contribution in [-0.2, 0) is 0 Å². The van der Waals surface area contributed by atoms with Crippen LogP contribution in [0.15, 0.2) is 0 Å². The minimum Gasteiger partial charge on any atom is -0.304 e. The molecule has 0 heterocycles. The molecule has 0 bridgehead atoms. The molecule has 0 aromatic heterocycles. The molecule has 0 aromatic rings. The Morgan fingerprint density at radius 1 is 0.409 bits per heavy atom. The number of hydrogen-bond donors (Lipinski definition) is 0. The quantitative estimate of drug-likeness (QED) is 0.427. The van der Waals surface area contributed by atoms with Crippen molar-refractivity contribution in [2.24, 2.45) is 0 Å². The SMILES string of the molecule is CCCCN(CC)CCN(CCC)CCCN(CC)CCC. The van der Waals surface area contributed by atoms with E-state index >= 15 is 0 Å². The molecule has 0 N–H and O–H groups in total. The molecule has 0 spiro atoms. The summed E-state index contributed by atoms with van der Waals surface area (Å²) >= 11 is 0. The van der Waals surface area contributed by atoms with Gasteiger partial charge in [-0.15, -0.1) is 0 Å². The Hall–Kier alpha value is -0.120. The van der Waals surface area contributed by atoms with Gasteiger partial charge in [0.1, 0.15) is 0 Å². The van der Waals surface area contributed by atoms with E-state index < -0.39 is 0 Å². The largest absolute Gasteiger partial charge is 0.304 e. The summed E-state index contributed by atoms with van der Waals surface area (Å²) in [5.74, 6) is 0. The summed E-state index contributed by atoms with van der Waals surface area (Å²) in [6.07, 6.45) is 6.50. The second kappa shape index (κ2) is 15.8. The fraction of sp³-hybridized carbons (Fsp3) is 1.00. The standard InChI is InChI=1S/C19H43N3/c1-6-11-15-21(10-5)18-19-22(14-8-3)17-12-16-20(9-4)13-7-2/h6-19H2,1-5H3. The second-order valence-corrected chi connectivity index (χ2v) is 6.42. The highest BCUT2D eigenvalue weighted by Gasteiger charge is 2.08. The van der Waals surface area contributed by atoms with Crippen LogP contribution in [-0.4, -0.2) is 73.6 Å². The molecule has 0 radical (unpaired) electrons. The third-order valence-corrected chi connectivity index (χ3v) is 4.48. The first-order valence-electron chi connectivity index (χ1n) is 9.88. The van der Waals surface area contributed by atoms with Gasteiger partial charge in [0.05, 0.1) is 0 Å². The van der Waals surface area contributed by atoms with Gasteiger partial charge in [-0.3, -0.25) is 0 Å². The molecule has 0 saturated heterocycles. The minimum atomic E-state index is 1.19. The van der Waals surface area contributed by atoms with E-state index in [1.807, 2.05) is 0 Å². The molecule has 0 aliphatic heterocycles. The lowest BCUT2D eigenvalue weighted by Crippen LogP contribution is -2.37. The summed E-state index contributed by atoms with van der Waals surface area (Å²) in [5.41, 5.74) is 0. The van der Waals surface area contributed by atoms with Gasteiger partial charge in [-0.25, -0.2) is 0 Å². The molecule has 0 aromatic carbocycles. The third-order valence-electron chi connectivity index (χ3n) is 4.48. The predicted molar refractivity (Wildman–Crippen MR) is 101 cm³/mol. The molecule has 0 amide bonds. The van der Waals surface area contributed by atoms with E-state index in [1.54, 1.807) is 0 Å². The highest BCUT2D eigenvalue weighted by molar-refractivity contribution is 4.64. The van der Waals surface area contributed by atoms with E-state index in [1.165, 1.54) is 91.0 Å². The lowest BCUT2D eigenvalue weighted by Gasteiger charge is -2.28. The lowest BCUT2D eigenvalue weighted by molar-refractivity contribution is 0.194. The molecule has 0 aliphatic rings. The molecular formula is C19H43N3. The van der Waals surface area contributed by atoms with Crippen LogP contribution in [0.4, 0.5) is 0 Å². The summed E-state index contributed by atoms with van der Waals surface area (Å²) in [6.45, 7) is 22.6. The maximum Gasteiger partial charge on any atom is 0.0109 e. The molecule has 22 heavy (non-hydrogen) atoms. The van der Waals surface area contributed by atoms with Gasteiger partial charge < -0.3 is 14.7 Å². The van der Waals surface area contributed by atoms with E-state index in [0.29, 0.717) is 0 Å². The smallest absolute Gasteiger partial charge is 0.0109 e. The van der Waals surface area contributed by atoms with Gasteiger partial charge in [0.2, 0.25) is 0 Å². The number of rotatable bonds is 16. The van der Waals surface area contributed by atoms with Gasteiger partial charge in [-0.1, -0.05) is 41.0 Å². The highest BCUT2D eigenvalue weighted by atomic mass is 15.2. The normalized spacial score (nSPS) is 12.0. The van der Waals surface area contributed by atoms with Crippen molar-refractivity contribution < 1.29 is 0 Å². The van der Waals surface area contributed by atoms with Gasteiger partial charge in [0.15, 0.2) is 0 Å². The molecule has 3 heteroatoms. The van der Waals surface area contributed by atoms with E-state index in [-0.39, 0.29) is 0 Å². The molecule has 0 aliphatic carbocycles. The molecule has 3 nitrogen and oxygen atoms in total. The fourth-order valence-electron chi connectivity index (χ4n) is 3.01. The van der Waals surface area contributed by atoms with Crippen LogP contribution >= 0.6 is 0 Å². The van der Waals surface area contributed by atoms with Gasteiger partial charge in [-0.2, -0.15) is 0 Å². The second-order valence-electron chi connectivity index (χ2n) is 6.42. The summed E-state index contributed by atoms with van der Waals surface area (Å²) < 4.78 is 0. The Kier molecular flexibility index (Phi) is 15.7. The molecule has 0 saturated carbocycles. The summed E-state index contributed by atoms with van der Waals surface area (Å²) in [7, 11) is 0. The zero-order valence-electron chi connectivity index (χ0n) is 16.2. The Morgan fingerprint density at radius 3 is 1.41 bits per heavy atom. The fourth-order valence-corrected chi connectivity index (χ4v) is 3.01. The van der Waals surface area contributed by atoms with Crippen molar-refractivity contribution in [2.45, 2.75) is 66.7 Å². The topological polar surface area (TPSA) is 9.72 Å². The number of likely N-dealkylation sites (N-methyl/N-ethyl adjacent to an activating group) is 1. The van der Waals surface area contributed by atoms with Crippen molar-refractivity contribution >= 4 is 0 Å². The number of unbranched alkanes of at least 4 members (excludes halogenated alkanes) is 1. The van der Waals surface area contributed by atoms with Gasteiger partial charge in [-0.05, 0) is 71.5 Å². The molecule has 0 atom stereocenters. The lowest BCUT2D eigenvalue weighted by atomic mass is 10.3. The van der Waals surface area contributed by atoms with Crippen molar-refractivity contribution in [3.8, 4) is 0 Å². The van der Waals surface area contributed by atoms with Gasteiger partial charge in [0, 0.05) is 13.1 Å². The average molecular weight is 314 g/mol. The predicted octanol–water partition coefficient (Wildman–Crippen LogP) is 3.94. The van der Waals surface area contributed by atoms with E-state index in [0.717, 1.165) is 0 Å². The molecule has 0 rings (SSSR count). The Morgan fingerprint density at radius 2 is 0.864 bits per heavy atom. The van der Waals surface area contributed by atoms with Crippen LogP contribution in [0.1, 0.15) is 66.7 Å². The highest BCUT2D eigenvalue weighted by Crippen LogP contribution is 2.01. The maximum atomic E-state index is 2.67. The van der Waals surface area contributed by atoms with Crippen molar-refractivity contribution in [1.82, 2.24) is 14.7 Å². The van der Waals surface area contributed by atoms with E-state index in [2.05, 4.69) is 49.3 Å². The van der Waals surface area contributed by atoms with Gasteiger partial charge in [0.25, 0.3) is 0 Å². The summed E-state index contributed by atoms with van der Waals surface area (Å²) in [4.78, 5) is 7.87. The minimum absolute atomic E-state index is 1.19. The molecular weight excluding hydrogens is 270 g/mol. The Balaban J connectivity index is 4.02. The monoisotopic (exact) mass is 313 g/mol. The molecule has 0 fully saturated rings. The van der Waals surface area contributed by atoms with Crippen molar-refractivity contribution in [3.63, 3.8) is 0 Å². The first kappa shape index (κ1) is 21.9. The van der Waals surface area contributed by atoms with Crippen LogP contribution in [0.5, 0.6) is 0 Å². The van der Waals surface area contributed by atoms with Crippen molar-refractivity contribution in [1.29, 1.82) is 0 Å². The van der Waals surface area contributed by atoms with Crippen LogP contribution in [0, 0.1) is 0 Å². The molecule has 134 valence electrons. The number of hydrogen-bond acceptors (Lipinski definition) is 3. The van der Waals surface area contributed by atoms with Crippen molar-refractivity contribution in [2.75, 3.05) is 58.9 Å². The summed E-state index contributed by atoms with van der Waals surface area (Å²) in [5, 5.41) is 0. The Bertz CT molecular complexity index is 221. The van der Waals surface area contributed by atoms with Crippen LogP contribution in [0.25, 0.3) is 0 Å². The zero-order valence-corrected chi connectivity index (χ0v) is 16.2. The van der Waals surface area contributed by atoms with Crippen molar-refractivity contribution in [3.05, 3.63) is 0 Å². The van der Waals surface area contributed by atoms with Crippen LogP contribution in [0.2, 0.25) is 0 Å². The molecule has 0 unspecified atom stereocenters. The first-order chi connectivity index (χ1) is 10.7.